The molecule has 40 heavy (non-hydrogen) atoms. The molecule has 0 aromatic heterocycles. The maximum atomic E-state index is 14.4. The van der Waals surface area contributed by atoms with Crippen LogP contribution in [-0.2, 0) is 9.59 Å². The van der Waals surface area contributed by atoms with Gasteiger partial charge in [0.1, 0.15) is 5.75 Å². The standard InChI is InChI=1S/C34H39N3O3/c1-2-3-7-19-36-31-21-28(15-16-32(31)40-23-33(36)38)37(27-13-14-27)34(39)30-22-35-18-17-29(30)26-12-8-11-25(20-26)24-9-5-4-6-10-24/h4-6,8-12,15-16,20-21,27,29-30,35H,2-3,7,13-14,17-19,22-23H2,1H3/t29-,30+/m1/s1. The second-order valence-corrected chi connectivity index (χ2v) is 11.3. The molecule has 0 spiro atoms. The first-order valence-corrected chi connectivity index (χ1v) is 14.9. The molecule has 6 heteroatoms. The van der Waals surface area contributed by atoms with Crippen LogP contribution < -0.4 is 19.9 Å². The molecule has 6 rings (SSSR count). The third-order valence-electron chi connectivity index (χ3n) is 8.52. The van der Waals surface area contributed by atoms with Crippen LogP contribution in [0.15, 0.2) is 72.8 Å². The van der Waals surface area contributed by atoms with E-state index in [9.17, 15) is 9.59 Å². The zero-order valence-electron chi connectivity index (χ0n) is 23.4. The monoisotopic (exact) mass is 537 g/mol. The van der Waals surface area contributed by atoms with Gasteiger partial charge in [0.2, 0.25) is 5.91 Å². The van der Waals surface area contributed by atoms with Crippen molar-refractivity contribution < 1.29 is 14.3 Å². The van der Waals surface area contributed by atoms with E-state index in [2.05, 4.69) is 60.8 Å². The summed E-state index contributed by atoms with van der Waals surface area (Å²) in [5, 5.41) is 3.50. The van der Waals surface area contributed by atoms with Crippen molar-refractivity contribution in [3.63, 3.8) is 0 Å². The van der Waals surface area contributed by atoms with Gasteiger partial charge in [0.15, 0.2) is 6.61 Å². The minimum atomic E-state index is -0.157. The number of unbranched alkanes of at least 4 members (excludes halogenated alkanes) is 2. The van der Waals surface area contributed by atoms with Gasteiger partial charge in [0, 0.05) is 24.8 Å². The number of anilines is 2. The van der Waals surface area contributed by atoms with E-state index in [1.807, 2.05) is 34.1 Å². The van der Waals surface area contributed by atoms with Gasteiger partial charge < -0.3 is 19.9 Å². The van der Waals surface area contributed by atoms with Crippen LogP contribution in [-0.4, -0.2) is 44.1 Å². The molecule has 3 aliphatic rings. The first kappa shape index (κ1) is 26.6. The van der Waals surface area contributed by atoms with Crippen LogP contribution in [0.1, 0.15) is 56.9 Å². The summed E-state index contributed by atoms with van der Waals surface area (Å²) in [5.74, 6) is 0.866. The number of hydrogen-bond acceptors (Lipinski definition) is 4. The summed E-state index contributed by atoms with van der Waals surface area (Å²) in [7, 11) is 0. The molecule has 1 saturated carbocycles. The smallest absolute Gasteiger partial charge is 0.265 e. The predicted molar refractivity (Wildman–Crippen MR) is 160 cm³/mol. The molecular weight excluding hydrogens is 498 g/mol. The van der Waals surface area contributed by atoms with E-state index in [-0.39, 0.29) is 36.3 Å². The Morgan fingerprint density at radius 3 is 2.60 bits per heavy atom. The average Bonchev–Trinajstić information content (AvgIpc) is 3.84. The fourth-order valence-electron chi connectivity index (χ4n) is 6.23. The highest BCUT2D eigenvalue weighted by Crippen LogP contribution is 2.42. The second kappa shape index (κ2) is 11.8. The van der Waals surface area contributed by atoms with E-state index in [1.54, 1.807) is 0 Å². The Bertz CT molecular complexity index is 1350. The Labute approximate surface area is 237 Å². The highest BCUT2D eigenvalue weighted by molar-refractivity contribution is 6.01. The van der Waals surface area contributed by atoms with Gasteiger partial charge in [-0.15, -0.1) is 0 Å². The Balaban J connectivity index is 1.30. The fraction of sp³-hybridized carbons (Fsp3) is 0.412. The minimum Gasteiger partial charge on any atom is -0.482 e. The molecule has 2 aliphatic heterocycles. The molecule has 1 N–H and O–H groups in total. The number of fused-ring (bicyclic) bond motifs is 1. The lowest BCUT2D eigenvalue weighted by molar-refractivity contribution is -0.123. The van der Waals surface area contributed by atoms with Gasteiger partial charge in [-0.2, -0.15) is 0 Å². The average molecular weight is 538 g/mol. The van der Waals surface area contributed by atoms with Crippen LogP contribution in [0.25, 0.3) is 11.1 Å². The molecule has 3 aromatic carbocycles. The highest BCUT2D eigenvalue weighted by Gasteiger charge is 2.41. The summed E-state index contributed by atoms with van der Waals surface area (Å²) in [6, 6.07) is 25.3. The van der Waals surface area contributed by atoms with Crippen LogP contribution in [0.2, 0.25) is 0 Å². The molecule has 0 unspecified atom stereocenters. The van der Waals surface area contributed by atoms with Crippen molar-refractivity contribution in [3.05, 3.63) is 78.4 Å². The first-order valence-electron chi connectivity index (χ1n) is 14.9. The number of carbonyl (C=O) groups is 2. The number of carbonyl (C=O) groups excluding carboxylic acids is 2. The molecule has 2 atom stereocenters. The minimum absolute atomic E-state index is 0.0140. The SMILES string of the molecule is CCCCCN1C(=O)COc2ccc(N(C(=O)[C@H]3CNCC[C@@H]3c3cccc(-c4ccccc4)c3)C3CC3)cc21. The summed E-state index contributed by atoms with van der Waals surface area (Å²) >= 11 is 0. The van der Waals surface area contributed by atoms with E-state index in [4.69, 9.17) is 4.74 Å². The molecule has 2 heterocycles. The zero-order chi connectivity index (χ0) is 27.5. The summed E-state index contributed by atoms with van der Waals surface area (Å²) < 4.78 is 5.78. The maximum absolute atomic E-state index is 14.4. The van der Waals surface area contributed by atoms with Crippen molar-refractivity contribution in [1.82, 2.24) is 5.32 Å². The third kappa shape index (κ3) is 5.50. The van der Waals surface area contributed by atoms with Crippen molar-refractivity contribution >= 4 is 23.2 Å². The number of rotatable bonds is 9. The zero-order valence-corrected chi connectivity index (χ0v) is 23.4. The lowest BCUT2D eigenvalue weighted by atomic mass is 9.79. The largest absolute Gasteiger partial charge is 0.482 e. The molecule has 0 radical (unpaired) electrons. The number of nitrogens with one attached hydrogen (secondary N) is 1. The third-order valence-corrected chi connectivity index (χ3v) is 8.52. The van der Waals surface area contributed by atoms with Crippen LogP contribution >= 0.6 is 0 Å². The Morgan fingerprint density at radius 2 is 1.80 bits per heavy atom. The van der Waals surface area contributed by atoms with E-state index < -0.39 is 0 Å². The molecule has 1 aliphatic carbocycles. The highest BCUT2D eigenvalue weighted by atomic mass is 16.5. The van der Waals surface area contributed by atoms with E-state index >= 15 is 0 Å². The van der Waals surface area contributed by atoms with Crippen molar-refractivity contribution in [1.29, 1.82) is 0 Å². The molecule has 0 bridgehead atoms. The Kier molecular flexibility index (Phi) is 7.87. The first-order chi connectivity index (χ1) is 19.6. The summed E-state index contributed by atoms with van der Waals surface area (Å²) in [5.41, 5.74) is 5.26. The van der Waals surface area contributed by atoms with Gasteiger partial charge in [0.25, 0.3) is 5.91 Å². The normalized spacial score (nSPS) is 20.5. The maximum Gasteiger partial charge on any atom is 0.265 e. The number of piperidine rings is 1. The number of benzene rings is 3. The van der Waals surface area contributed by atoms with Gasteiger partial charge in [0.05, 0.1) is 11.6 Å². The van der Waals surface area contributed by atoms with Crippen LogP contribution in [0, 0.1) is 5.92 Å². The van der Waals surface area contributed by atoms with Crippen molar-refractivity contribution in [2.24, 2.45) is 5.92 Å². The Morgan fingerprint density at radius 1 is 0.975 bits per heavy atom. The molecule has 208 valence electrons. The number of ether oxygens (including phenoxy) is 1. The number of nitrogens with zero attached hydrogens (tertiary/aromatic N) is 2. The van der Waals surface area contributed by atoms with Crippen molar-refractivity contribution in [2.75, 3.05) is 36.0 Å². The van der Waals surface area contributed by atoms with E-state index in [0.717, 1.165) is 62.2 Å². The van der Waals surface area contributed by atoms with Gasteiger partial charge in [-0.25, -0.2) is 0 Å². The van der Waals surface area contributed by atoms with Gasteiger partial charge in [-0.05, 0) is 73.0 Å². The van der Waals surface area contributed by atoms with E-state index in [1.165, 1.54) is 16.7 Å². The van der Waals surface area contributed by atoms with Gasteiger partial charge in [-0.1, -0.05) is 74.4 Å². The van der Waals surface area contributed by atoms with Crippen LogP contribution in [0.5, 0.6) is 5.75 Å². The molecular formula is C34H39N3O3. The lowest BCUT2D eigenvalue weighted by Crippen LogP contribution is -2.47. The quantitative estimate of drug-likeness (QED) is 0.332. The molecule has 1 saturated heterocycles. The molecule has 6 nitrogen and oxygen atoms in total. The molecule has 3 aromatic rings. The van der Waals surface area contributed by atoms with Crippen LogP contribution in [0.4, 0.5) is 11.4 Å². The van der Waals surface area contributed by atoms with Gasteiger partial charge in [-0.3, -0.25) is 9.59 Å². The molecule has 2 amide bonds. The lowest BCUT2D eigenvalue weighted by Gasteiger charge is -2.36. The van der Waals surface area contributed by atoms with Crippen molar-refractivity contribution in [3.8, 4) is 16.9 Å². The van der Waals surface area contributed by atoms with Crippen molar-refractivity contribution in [2.45, 2.75) is 57.4 Å². The second-order valence-electron chi connectivity index (χ2n) is 11.3. The summed E-state index contributed by atoms with van der Waals surface area (Å²) in [6.07, 6.45) is 6.06. The van der Waals surface area contributed by atoms with Gasteiger partial charge >= 0.3 is 0 Å². The predicted octanol–water partition coefficient (Wildman–Crippen LogP) is 6.16. The van der Waals surface area contributed by atoms with E-state index in [0.29, 0.717) is 13.1 Å². The summed E-state index contributed by atoms with van der Waals surface area (Å²) in [6.45, 7) is 4.48. The number of hydrogen-bond donors (Lipinski definition) is 1. The molecule has 2 fully saturated rings. The topological polar surface area (TPSA) is 61.9 Å². The number of amides is 2. The summed E-state index contributed by atoms with van der Waals surface area (Å²) in [4.78, 5) is 31.1. The van der Waals surface area contributed by atoms with Crippen LogP contribution in [0.3, 0.4) is 0 Å². The fourth-order valence-corrected chi connectivity index (χ4v) is 6.23. The Hall–Kier alpha value is -3.64.